The lowest BCUT2D eigenvalue weighted by Crippen LogP contribution is -1.88. The van der Waals surface area contributed by atoms with E-state index in [9.17, 15) is 8.42 Å². The number of sulfone groups is 1. The zero-order chi connectivity index (χ0) is 7.19. The van der Waals surface area contributed by atoms with Crippen LogP contribution in [0.15, 0.2) is 21.7 Å². The summed E-state index contributed by atoms with van der Waals surface area (Å²) < 4.78 is 22.1. The minimum absolute atomic E-state index is 0.456. The molecule has 2 nitrogen and oxygen atoms in total. The van der Waals surface area contributed by atoms with Crippen LogP contribution in [0.3, 0.4) is 0 Å². The molecule has 1 aromatic heterocycles. The van der Waals surface area contributed by atoms with Crippen molar-refractivity contribution in [2.24, 2.45) is 0 Å². The summed E-state index contributed by atoms with van der Waals surface area (Å²) in [6.07, 6.45) is 1.63. The third-order valence-corrected chi connectivity index (χ3v) is 3.84. The number of rotatable bonds is 0. The van der Waals surface area contributed by atoms with Crippen molar-refractivity contribution < 1.29 is 8.42 Å². The fraction of sp³-hybridized carbons (Fsp3) is 0. The normalized spacial score (nSPS) is 19.2. The van der Waals surface area contributed by atoms with Gasteiger partial charge in [0.2, 0.25) is 9.84 Å². The van der Waals surface area contributed by atoms with Crippen molar-refractivity contribution >= 4 is 27.3 Å². The van der Waals surface area contributed by atoms with Crippen LogP contribution in [-0.4, -0.2) is 8.42 Å². The molecule has 0 saturated heterocycles. The lowest BCUT2D eigenvalue weighted by atomic mass is 10.5. The standard InChI is InChI=1S/C6H4O2S2/c7-10(8)4-2-5-6(10)1-3-9-5/h1-4H. The Balaban J connectivity index is 2.88. The second-order valence-corrected chi connectivity index (χ2v) is 4.75. The maximum Gasteiger partial charge on any atom is 0.201 e. The van der Waals surface area contributed by atoms with E-state index in [4.69, 9.17) is 0 Å². The average Bonchev–Trinajstić information content (AvgIpc) is 2.36. The molecule has 1 aromatic rings. The van der Waals surface area contributed by atoms with Gasteiger partial charge in [0.1, 0.15) is 0 Å². The molecule has 0 radical (unpaired) electrons. The van der Waals surface area contributed by atoms with E-state index in [0.717, 1.165) is 4.88 Å². The maximum absolute atomic E-state index is 11.0. The Morgan fingerprint density at radius 3 is 2.90 bits per heavy atom. The van der Waals surface area contributed by atoms with Crippen LogP contribution in [0.1, 0.15) is 4.88 Å². The SMILES string of the molecule is O=S1(=O)C=Cc2sccc21. The summed E-state index contributed by atoms with van der Waals surface area (Å²) in [7, 11) is -3.03. The van der Waals surface area contributed by atoms with E-state index in [2.05, 4.69) is 0 Å². The molecule has 0 fully saturated rings. The fourth-order valence-corrected chi connectivity index (χ4v) is 3.31. The van der Waals surface area contributed by atoms with Crippen molar-refractivity contribution in [2.45, 2.75) is 4.90 Å². The number of hydrogen-bond acceptors (Lipinski definition) is 3. The lowest BCUT2D eigenvalue weighted by molar-refractivity contribution is 0.606. The fourth-order valence-electron chi connectivity index (χ4n) is 0.890. The summed E-state index contributed by atoms with van der Waals surface area (Å²) in [5.41, 5.74) is 0. The first kappa shape index (κ1) is 6.12. The minimum atomic E-state index is -3.03. The van der Waals surface area contributed by atoms with E-state index in [1.54, 1.807) is 17.5 Å². The third-order valence-electron chi connectivity index (χ3n) is 1.36. The highest BCUT2D eigenvalue weighted by atomic mass is 32.2. The van der Waals surface area contributed by atoms with Gasteiger partial charge < -0.3 is 0 Å². The zero-order valence-electron chi connectivity index (χ0n) is 4.94. The Morgan fingerprint density at radius 2 is 2.20 bits per heavy atom. The lowest BCUT2D eigenvalue weighted by Gasteiger charge is -1.85. The second-order valence-electron chi connectivity index (χ2n) is 2.00. The average molecular weight is 172 g/mol. The molecule has 0 spiro atoms. The quantitative estimate of drug-likeness (QED) is 0.594. The third kappa shape index (κ3) is 0.660. The van der Waals surface area contributed by atoms with E-state index in [0.29, 0.717) is 4.90 Å². The second kappa shape index (κ2) is 1.71. The highest BCUT2D eigenvalue weighted by Crippen LogP contribution is 2.30. The summed E-state index contributed by atoms with van der Waals surface area (Å²) in [5.74, 6) is 0. The van der Waals surface area contributed by atoms with Gasteiger partial charge in [-0.2, -0.15) is 0 Å². The molecule has 0 amide bonds. The first-order valence-electron chi connectivity index (χ1n) is 2.71. The van der Waals surface area contributed by atoms with Crippen LogP contribution in [-0.2, 0) is 9.84 Å². The molecule has 4 heteroatoms. The topological polar surface area (TPSA) is 34.1 Å². The summed E-state index contributed by atoms with van der Waals surface area (Å²) in [4.78, 5) is 1.30. The number of thiophene rings is 1. The highest BCUT2D eigenvalue weighted by molar-refractivity contribution is 7.95. The maximum atomic E-state index is 11.0. The van der Waals surface area contributed by atoms with E-state index in [1.165, 1.54) is 16.7 Å². The monoisotopic (exact) mass is 172 g/mol. The van der Waals surface area contributed by atoms with E-state index in [1.807, 2.05) is 0 Å². The van der Waals surface area contributed by atoms with Gasteiger partial charge >= 0.3 is 0 Å². The van der Waals surface area contributed by atoms with Crippen LogP contribution in [0.4, 0.5) is 0 Å². The van der Waals surface area contributed by atoms with Gasteiger partial charge in [-0.15, -0.1) is 11.3 Å². The molecule has 1 aliphatic rings. The summed E-state index contributed by atoms with van der Waals surface area (Å²) in [6, 6.07) is 1.63. The Labute approximate surface area is 62.7 Å². The summed E-state index contributed by atoms with van der Waals surface area (Å²) in [6.45, 7) is 0. The molecule has 0 bridgehead atoms. The van der Waals surface area contributed by atoms with Gasteiger partial charge in [-0.1, -0.05) is 0 Å². The van der Waals surface area contributed by atoms with Crippen molar-refractivity contribution in [2.75, 3.05) is 0 Å². The van der Waals surface area contributed by atoms with Crippen molar-refractivity contribution in [3.8, 4) is 0 Å². The molecule has 2 rings (SSSR count). The molecule has 1 aliphatic heterocycles. The molecule has 2 heterocycles. The van der Waals surface area contributed by atoms with Crippen molar-refractivity contribution in [1.82, 2.24) is 0 Å². The van der Waals surface area contributed by atoms with Crippen LogP contribution in [0.2, 0.25) is 0 Å². The highest BCUT2D eigenvalue weighted by Gasteiger charge is 2.20. The van der Waals surface area contributed by atoms with Gasteiger partial charge in [-0.3, -0.25) is 0 Å². The molecule has 0 unspecified atom stereocenters. The van der Waals surface area contributed by atoms with Gasteiger partial charge in [-0.05, 0) is 17.5 Å². The molecule has 0 aromatic carbocycles. The Kier molecular flexibility index (Phi) is 1.04. The predicted molar refractivity (Wildman–Crippen MR) is 40.5 cm³/mol. The molecule has 0 N–H and O–H groups in total. The number of fused-ring (bicyclic) bond motifs is 1. The van der Waals surface area contributed by atoms with Crippen LogP contribution < -0.4 is 0 Å². The van der Waals surface area contributed by atoms with Crippen molar-refractivity contribution in [3.63, 3.8) is 0 Å². The molecule has 0 atom stereocenters. The smallest absolute Gasteiger partial charge is 0.201 e. The number of hydrogen-bond donors (Lipinski definition) is 0. The zero-order valence-corrected chi connectivity index (χ0v) is 6.58. The molecule has 52 valence electrons. The Hall–Kier alpha value is -0.610. The van der Waals surface area contributed by atoms with Gasteiger partial charge in [-0.25, -0.2) is 8.42 Å². The van der Waals surface area contributed by atoms with Crippen LogP contribution in [0.5, 0.6) is 0 Å². The van der Waals surface area contributed by atoms with E-state index in [-0.39, 0.29) is 0 Å². The first-order valence-corrected chi connectivity index (χ1v) is 5.13. The van der Waals surface area contributed by atoms with Gasteiger partial charge in [0, 0.05) is 10.3 Å². The van der Waals surface area contributed by atoms with Gasteiger partial charge in [0.15, 0.2) is 0 Å². The van der Waals surface area contributed by atoms with Crippen molar-refractivity contribution in [3.05, 3.63) is 21.7 Å². The molecular formula is C6H4O2S2. The Morgan fingerprint density at radius 1 is 1.40 bits per heavy atom. The van der Waals surface area contributed by atoms with E-state index < -0.39 is 9.84 Å². The summed E-state index contributed by atoms with van der Waals surface area (Å²) >= 11 is 1.45. The molecule has 0 saturated carbocycles. The van der Waals surface area contributed by atoms with Crippen LogP contribution >= 0.6 is 11.3 Å². The molecule has 0 aliphatic carbocycles. The van der Waals surface area contributed by atoms with Crippen molar-refractivity contribution in [1.29, 1.82) is 0 Å². The van der Waals surface area contributed by atoms with Crippen LogP contribution in [0.25, 0.3) is 6.08 Å². The minimum Gasteiger partial charge on any atom is -0.219 e. The summed E-state index contributed by atoms with van der Waals surface area (Å²) in [5, 5.41) is 3.03. The van der Waals surface area contributed by atoms with Crippen LogP contribution in [0, 0.1) is 0 Å². The largest absolute Gasteiger partial charge is 0.219 e. The van der Waals surface area contributed by atoms with Gasteiger partial charge in [0.25, 0.3) is 0 Å². The molecular weight excluding hydrogens is 168 g/mol. The molecule has 10 heavy (non-hydrogen) atoms. The predicted octanol–water partition coefficient (Wildman–Crippen LogP) is 1.51. The Bertz CT molecular complexity index is 384. The van der Waals surface area contributed by atoms with E-state index >= 15 is 0 Å². The van der Waals surface area contributed by atoms with Gasteiger partial charge in [0.05, 0.1) is 4.90 Å². The first-order chi connectivity index (χ1) is 4.70.